The van der Waals surface area contributed by atoms with Gasteiger partial charge in [0.05, 0.1) is 26.1 Å². The highest BCUT2D eigenvalue weighted by Gasteiger charge is 2.43. The van der Waals surface area contributed by atoms with Gasteiger partial charge in [0.25, 0.3) is 0 Å². The zero-order chi connectivity index (χ0) is 27.9. The summed E-state index contributed by atoms with van der Waals surface area (Å²) in [5.41, 5.74) is -2.72. The van der Waals surface area contributed by atoms with Crippen molar-refractivity contribution >= 4 is 23.9 Å². The molecule has 0 aromatic rings. The summed E-state index contributed by atoms with van der Waals surface area (Å²) in [5.74, 6) is -5.77. The minimum atomic E-state index is -2.72. The first kappa shape index (κ1) is 35.0. The largest absolute Gasteiger partial charge is 0.481 e. The van der Waals surface area contributed by atoms with Gasteiger partial charge in [-0.05, 0) is 6.42 Å². The summed E-state index contributed by atoms with van der Waals surface area (Å²) in [4.78, 5) is 46.5. The van der Waals surface area contributed by atoms with E-state index in [1.54, 1.807) is 0 Å². The highest BCUT2D eigenvalue weighted by atomic mass is 16.6. The van der Waals surface area contributed by atoms with Crippen LogP contribution in [0, 0.1) is 0 Å². The lowest BCUT2D eigenvalue weighted by Gasteiger charge is -2.23. The fraction of sp³-hybridized carbons (Fsp3) is 0.852. The number of aliphatic hydroxyl groups is 3. The third-order valence-corrected chi connectivity index (χ3v) is 6.15. The van der Waals surface area contributed by atoms with Gasteiger partial charge < -0.3 is 29.9 Å². The van der Waals surface area contributed by atoms with Gasteiger partial charge in [0.15, 0.2) is 11.7 Å². The molecule has 0 aliphatic carbocycles. The molecule has 10 heteroatoms. The maximum absolute atomic E-state index is 12.3. The lowest BCUT2D eigenvalue weighted by Crippen LogP contribution is -2.45. The molecule has 0 bridgehead atoms. The van der Waals surface area contributed by atoms with Crippen LogP contribution in [0.4, 0.5) is 0 Å². The SMILES string of the molecule is CCCCCCCCCCCCCCCCCCOC(=O)C(O)(CC(=O)O)CC(=O)OC(=O)C(O)CO. The zero-order valence-electron chi connectivity index (χ0n) is 22.5. The second-order valence-corrected chi connectivity index (χ2v) is 9.71. The van der Waals surface area contributed by atoms with Crippen molar-refractivity contribution in [3.63, 3.8) is 0 Å². The van der Waals surface area contributed by atoms with Crippen molar-refractivity contribution in [3.8, 4) is 0 Å². The van der Waals surface area contributed by atoms with E-state index >= 15 is 0 Å². The summed E-state index contributed by atoms with van der Waals surface area (Å²) in [6.07, 6.45) is 14.7. The maximum Gasteiger partial charge on any atom is 0.345 e. The van der Waals surface area contributed by atoms with Gasteiger partial charge in [-0.1, -0.05) is 103 Å². The maximum atomic E-state index is 12.3. The number of rotatable bonds is 24. The van der Waals surface area contributed by atoms with Crippen LogP contribution in [0.5, 0.6) is 0 Å². The number of carboxylic acid groups (broad SMARTS) is 1. The Balaban J connectivity index is 3.98. The van der Waals surface area contributed by atoms with Crippen LogP contribution in [0.15, 0.2) is 0 Å². The van der Waals surface area contributed by atoms with Crippen LogP contribution in [0.2, 0.25) is 0 Å². The summed E-state index contributed by atoms with van der Waals surface area (Å²) in [5, 5.41) is 37.2. The van der Waals surface area contributed by atoms with Crippen LogP contribution in [0.1, 0.15) is 122 Å². The summed E-state index contributed by atoms with van der Waals surface area (Å²) in [6.45, 7) is 1.20. The number of unbranched alkanes of at least 4 members (excludes halogenated alkanes) is 15. The highest BCUT2D eigenvalue weighted by molar-refractivity contribution is 5.93. The molecular formula is C27H48O10. The number of carbonyl (C=O) groups excluding carboxylic acids is 3. The number of esters is 3. The molecule has 0 radical (unpaired) electrons. The molecule has 0 fully saturated rings. The lowest BCUT2D eigenvalue weighted by molar-refractivity contribution is -0.180. The van der Waals surface area contributed by atoms with E-state index in [-0.39, 0.29) is 6.61 Å². The normalized spacial score (nSPS) is 13.5. The minimum Gasteiger partial charge on any atom is -0.481 e. The first-order valence-electron chi connectivity index (χ1n) is 13.8. The Hall–Kier alpha value is -2.04. The quantitative estimate of drug-likeness (QED) is 0.0815. The molecule has 4 N–H and O–H groups in total. The van der Waals surface area contributed by atoms with Gasteiger partial charge >= 0.3 is 23.9 Å². The summed E-state index contributed by atoms with van der Waals surface area (Å²) < 4.78 is 9.19. The molecule has 0 aromatic carbocycles. The van der Waals surface area contributed by atoms with Crippen LogP contribution in [-0.2, 0) is 28.7 Å². The second kappa shape index (κ2) is 22.0. The fourth-order valence-electron chi connectivity index (χ4n) is 3.94. The molecular weight excluding hydrogens is 484 g/mol. The van der Waals surface area contributed by atoms with Crippen LogP contribution in [0.25, 0.3) is 0 Å². The van der Waals surface area contributed by atoms with E-state index in [9.17, 15) is 24.3 Å². The Morgan fingerprint density at radius 3 is 1.57 bits per heavy atom. The van der Waals surface area contributed by atoms with E-state index in [1.165, 1.54) is 70.6 Å². The van der Waals surface area contributed by atoms with Crippen molar-refractivity contribution in [2.24, 2.45) is 0 Å². The van der Waals surface area contributed by atoms with Crippen molar-refractivity contribution < 1.29 is 49.1 Å². The molecule has 0 amide bonds. The molecule has 10 nitrogen and oxygen atoms in total. The predicted octanol–water partition coefficient (Wildman–Crippen LogP) is 3.81. The third-order valence-electron chi connectivity index (χ3n) is 6.15. The van der Waals surface area contributed by atoms with E-state index in [4.69, 9.17) is 20.1 Å². The van der Waals surface area contributed by atoms with Crippen LogP contribution < -0.4 is 0 Å². The Kier molecular flexibility index (Phi) is 20.8. The van der Waals surface area contributed by atoms with Crippen molar-refractivity contribution in [2.45, 2.75) is 134 Å². The van der Waals surface area contributed by atoms with E-state index in [0.29, 0.717) is 6.42 Å². The van der Waals surface area contributed by atoms with Crippen molar-refractivity contribution in [1.29, 1.82) is 0 Å². The van der Waals surface area contributed by atoms with E-state index < -0.39 is 55.0 Å². The molecule has 0 saturated heterocycles. The second-order valence-electron chi connectivity index (χ2n) is 9.71. The molecule has 0 saturated carbocycles. The number of aliphatic carboxylic acids is 1. The highest BCUT2D eigenvalue weighted by Crippen LogP contribution is 2.20. The first-order chi connectivity index (χ1) is 17.7. The molecule has 0 aliphatic heterocycles. The molecule has 0 aromatic heterocycles. The van der Waals surface area contributed by atoms with Crippen LogP contribution in [-0.4, -0.2) is 69.2 Å². The lowest BCUT2D eigenvalue weighted by atomic mass is 9.95. The van der Waals surface area contributed by atoms with Gasteiger partial charge in [-0.3, -0.25) is 9.59 Å². The molecule has 0 spiro atoms. The van der Waals surface area contributed by atoms with Gasteiger partial charge in [0.1, 0.15) is 0 Å². The molecule has 37 heavy (non-hydrogen) atoms. The average Bonchev–Trinajstić information content (AvgIpc) is 2.84. The van der Waals surface area contributed by atoms with Crippen molar-refractivity contribution in [1.82, 2.24) is 0 Å². The molecule has 2 atom stereocenters. The Bertz CT molecular complexity index is 651. The van der Waals surface area contributed by atoms with Crippen LogP contribution >= 0.6 is 0 Å². The van der Waals surface area contributed by atoms with Crippen molar-refractivity contribution in [2.75, 3.05) is 13.2 Å². The Morgan fingerprint density at radius 1 is 0.730 bits per heavy atom. The summed E-state index contributed by atoms with van der Waals surface area (Å²) >= 11 is 0. The number of hydrogen-bond donors (Lipinski definition) is 4. The van der Waals surface area contributed by atoms with Crippen molar-refractivity contribution in [3.05, 3.63) is 0 Å². The molecule has 0 heterocycles. The number of hydrogen-bond acceptors (Lipinski definition) is 9. The van der Waals surface area contributed by atoms with Gasteiger partial charge in [-0.25, -0.2) is 9.59 Å². The Labute approximate surface area is 220 Å². The Morgan fingerprint density at radius 2 is 1.16 bits per heavy atom. The van der Waals surface area contributed by atoms with E-state index in [1.807, 2.05) is 0 Å². The standard InChI is InChI=1S/C27H48O10/c1-2-3-4-5-6-7-8-9-10-11-12-13-14-15-16-17-18-36-26(34)27(35,19-23(30)31)20-24(32)37-25(33)22(29)21-28/h22,28-29,35H,2-21H2,1H3,(H,30,31). The van der Waals surface area contributed by atoms with Gasteiger partial charge in [-0.2, -0.15) is 0 Å². The smallest absolute Gasteiger partial charge is 0.345 e. The topological polar surface area (TPSA) is 168 Å². The average molecular weight is 533 g/mol. The van der Waals surface area contributed by atoms with E-state index in [2.05, 4.69) is 11.7 Å². The molecule has 216 valence electrons. The number of ether oxygens (including phenoxy) is 2. The van der Waals surface area contributed by atoms with E-state index in [0.717, 1.165) is 25.7 Å². The zero-order valence-corrected chi connectivity index (χ0v) is 22.5. The van der Waals surface area contributed by atoms with Gasteiger partial charge in [0.2, 0.25) is 0 Å². The number of carbonyl (C=O) groups is 4. The summed E-state index contributed by atoms with van der Waals surface area (Å²) in [6, 6.07) is 0. The minimum absolute atomic E-state index is 0.0452. The first-order valence-corrected chi connectivity index (χ1v) is 13.8. The number of carboxylic acids is 1. The summed E-state index contributed by atoms with van der Waals surface area (Å²) in [7, 11) is 0. The molecule has 0 rings (SSSR count). The van der Waals surface area contributed by atoms with Crippen LogP contribution in [0.3, 0.4) is 0 Å². The predicted molar refractivity (Wildman–Crippen MR) is 137 cm³/mol. The number of aliphatic hydroxyl groups excluding tert-OH is 2. The van der Waals surface area contributed by atoms with Gasteiger partial charge in [-0.15, -0.1) is 0 Å². The van der Waals surface area contributed by atoms with Gasteiger partial charge in [0, 0.05) is 0 Å². The third kappa shape index (κ3) is 18.8. The molecule has 2 unspecified atom stereocenters. The monoisotopic (exact) mass is 532 g/mol. The molecule has 0 aliphatic rings. The fourth-order valence-corrected chi connectivity index (χ4v) is 3.94.